The van der Waals surface area contributed by atoms with Gasteiger partial charge in [-0.1, -0.05) is 18.2 Å². The van der Waals surface area contributed by atoms with E-state index in [0.717, 1.165) is 10.6 Å². The highest BCUT2D eigenvalue weighted by Gasteiger charge is 2.26. The molecule has 0 aliphatic carbocycles. The largest absolute Gasteiger partial charge is 0.347 e. The van der Waals surface area contributed by atoms with Crippen molar-refractivity contribution in [2.24, 2.45) is 0 Å². The maximum absolute atomic E-state index is 11.7. The van der Waals surface area contributed by atoms with Crippen molar-refractivity contribution < 1.29 is 9.59 Å². The smallest absolute Gasteiger partial charge is 0.274 e. The number of rotatable bonds is 1. The van der Waals surface area contributed by atoms with Crippen LogP contribution in [-0.4, -0.2) is 16.8 Å². The first-order valence-corrected chi connectivity index (χ1v) is 5.23. The second kappa shape index (κ2) is 4.29. The van der Waals surface area contributed by atoms with E-state index in [1.165, 1.54) is 6.92 Å². The van der Waals surface area contributed by atoms with Crippen LogP contribution in [0.1, 0.15) is 13.8 Å². The zero-order valence-corrected chi connectivity index (χ0v) is 9.68. The average molecular weight is 231 g/mol. The lowest BCUT2D eigenvalue weighted by molar-refractivity contribution is -0.124. The van der Waals surface area contributed by atoms with Gasteiger partial charge >= 0.3 is 6.03 Å². The number of para-hydroxylation sites is 1. The second-order valence-corrected chi connectivity index (χ2v) is 3.75. The van der Waals surface area contributed by atoms with Crippen LogP contribution >= 0.6 is 0 Å². The Morgan fingerprint density at radius 3 is 2.41 bits per heavy atom. The Morgan fingerprint density at radius 2 is 1.88 bits per heavy atom. The average Bonchev–Trinajstić information content (AvgIpc) is 2.28. The van der Waals surface area contributed by atoms with Gasteiger partial charge in [-0.3, -0.25) is 9.80 Å². The summed E-state index contributed by atoms with van der Waals surface area (Å²) in [6.07, 6.45) is 1.71. The fourth-order valence-corrected chi connectivity index (χ4v) is 1.71. The number of anilines is 1. The van der Waals surface area contributed by atoms with Crippen molar-refractivity contribution in [2.45, 2.75) is 13.8 Å². The summed E-state index contributed by atoms with van der Waals surface area (Å²) in [6, 6.07) is 8.94. The predicted molar refractivity (Wildman–Crippen MR) is 63.7 cm³/mol. The summed E-state index contributed by atoms with van der Waals surface area (Å²) in [6.45, 7) is 3.07. The van der Waals surface area contributed by atoms with Crippen molar-refractivity contribution in [3.05, 3.63) is 42.2 Å². The lowest BCUT2D eigenvalue weighted by Gasteiger charge is -2.32. The molecule has 0 spiro atoms. The van der Waals surface area contributed by atoms with E-state index in [-0.39, 0.29) is 5.91 Å². The van der Waals surface area contributed by atoms with Crippen molar-refractivity contribution in [1.82, 2.24) is 10.3 Å². The van der Waals surface area contributed by atoms with E-state index in [1.54, 1.807) is 18.1 Å². The first-order chi connectivity index (χ1) is 8.09. The van der Waals surface area contributed by atoms with Crippen LogP contribution in [0.15, 0.2) is 42.2 Å². The third-order valence-corrected chi connectivity index (χ3v) is 2.44. The highest BCUT2D eigenvalue weighted by molar-refractivity contribution is 5.97. The Balaban J connectivity index is 2.31. The third-order valence-electron chi connectivity index (χ3n) is 2.44. The van der Waals surface area contributed by atoms with Crippen LogP contribution in [0.2, 0.25) is 0 Å². The number of imide groups is 1. The molecule has 0 saturated heterocycles. The maximum atomic E-state index is 11.7. The molecular formula is C12H13N3O2. The standard InChI is InChI=1S/C12H13N3O2/c1-9-8-14(11-6-4-3-5-7-11)13-12(17)15(9)10(2)16/h3-8H,1-2H3,(H,13,17). The Hall–Kier alpha value is -2.30. The molecule has 0 bridgehead atoms. The number of amides is 3. The molecule has 1 aliphatic heterocycles. The molecule has 1 heterocycles. The number of urea groups is 1. The molecule has 0 fully saturated rings. The summed E-state index contributed by atoms with van der Waals surface area (Å²) in [5, 5.41) is 1.59. The predicted octanol–water partition coefficient (Wildman–Crippen LogP) is 1.84. The van der Waals surface area contributed by atoms with E-state index < -0.39 is 6.03 Å². The molecule has 2 rings (SSSR count). The Kier molecular flexibility index (Phi) is 2.82. The monoisotopic (exact) mass is 231 g/mol. The number of hydrazine groups is 1. The van der Waals surface area contributed by atoms with E-state index in [1.807, 2.05) is 30.3 Å². The van der Waals surface area contributed by atoms with Gasteiger partial charge < -0.3 is 0 Å². The first-order valence-electron chi connectivity index (χ1n) is 5.23. The molecule has 3 amide bonds. The molecule has 0 atom stereocenters. The lowest BCUT2D eigenvalue weighted by atomic mass is 10.3. The summed E-state index contributed by atoms with van der Waals surface area (Å²) in [5.74, 6) is -0.302. The molecule has 5 nitrogen and oxygen atoms in total. The van der Waals surface area contributed by atoms with Gasteiger partial charge in [0.1, 0.15) is 0 Å². The highest BCUT2D eigenvalue weighted by atomic mass is 16.2. The number of nitrogens with zero attached hydrogens (tertiary/aromatic N) is 2. The van der Waals surface area contributed by atoms with Gasteiger partial charge in [-0.25, -0.2) is 15.1 Å². The molecule has 1 aromatic carbocycles. The van der Waals surface area contributed by atoms with Gasteiger partial charge in [-0.05, 0) is 19.1 Å². The minimum absolute atomic E-state index is 0.302. The topological polar surface area (TPSA) is 52.7 Å². The van der Waals surface area contributed by atoms with Crippen molar-refractivity contribution in [2.75, 3.05) is 5.01 Å². The van der Waals surface area contributed by atoms with Crippen LogP contribution in [-0.2, 0) is 4.79 Å². The normalized spacial score (nSPS) is 15.4. The highest BCUT2D eigenvalue weighted by Crippen LogP contribution is 2.18. The van der Waals surface area contributed by atoms with E-state index in [2.05, 4.69) is 5.43 Å². The molecule has 0 radical (unpaired) electrons. The van der Waals surface area contributed by atoms with Crippen LogP contribution < -0.4 is 10.4 Å². The number of carbonyl (C=O) groups is 2. The van der Waals surface area contributed by atoms with Gasteiger partial charge in [0, 0.05) is 18.8 Å². The number of hydrogen-bond donors (Lipinski definition) is 1. The SMILES string of the molecule is CC(=O)N1C(=O)NN(c2ccccc2)C=C1C. The third kappa shape index (κ3) is 2.13. The molecule has 0 aromatic heterocycles. The number of hydrogen-bond acceptors (Lipinski definition) is 3. The van der Waals surface area contributed by atoms with Crippen LogP contribution in [0.25, 0.3) is 0 Å². The minimum Gasteiger partial charge on any atom is -0.274 e. The van der Waals surface area contributed by atoms with E-state index in [0.29, 0.717) is 5.70 Å². The fraction of sp³-hybridized carbons (Fsp3) is 0.167. The Labute approximate surface area is 99.3 Å². The number of nitrogens with one attached hydrogen (secondary N) is 1. The quantitative estimate of drug-likeness (QED) is 0.802. The van der Waals surface area contributed by atoms with Gasteiger partial charge in [0.25, 0.3) is 0 Å². The van der Waals surface area contributed by atoms with Crippen molar-refractivity contribution >= 4 is 17.6 Å². The zero-order valence-electron chi connectivity index (χ0n) is 9.68. The fourth-order valence-electron chi connectivity index (χ4n) is 1.71. The van der Waals surface area contributed by atoms with Gasteiger partial charge in [0.2, 0.25) is 5.91 Å². The Morgan fingerprint density at radius 1 is 1.24 bits per heavy atom. The molecule has 88 valence electrons. The van der Waals surface area contributed by atoms with Crippen molar-refractivity contribution in [1.29, 1.82) is 0 Å². The maximum Gasteiger partial charge on any atom is 0.347 e. The van der Waals surface area contributed by atoms with Crippen LogP contribution in [0.3, 0.4) is 0 Å². The minimum atomic E-state index is -0.443. The molecule has 17 heavy (non-hydrogen) atoms. The van der Waals surface area contributed by atoms with Gasteiger partial charge in [-0.2, -0.15) is 0 Å². The molecule has 1 N–H and O–H groups in total. The van der Waals surface area contributed by atoms with Crippen LogP contribution in [0, 0.1) is 0 Å². The van der Waals surface area contributed by atoms with Crippen LogP contribution in [0.5, 0.6) is 0 Å². The number of carbonyl (C=O) groups excluding carboxylic acids is 2. The second-order valence-electron chi connectivity index (χ2n) is 3.75. The Bertz CT molecular complexity index is 482. The summed E-state index contributed by atoms with van der Waals surface area (Å²) >= 11 is 0. The first kappa shape index (κ1) is 11.2. The molecule has 0 unspecified atom stereocenters. The lowest BCUT2D eigenvalue weighted by Crippen LogP contribution is -2.52. The summed E-state index contributed by atoms with van der Waals surface area (Å²) in [4.78, 5) is 24.1. The summed E-state index contributed by atoms with van der Waals surface area (Å²) in [5.41, 5.74) is 4.04. The molecular weight excluding hydrogens is 218 g/mol. The van der Waals surface area contributed by atoms with Crippen molar-refractivity contribution in [3.63, 3.8) is 0 Å². The van der Waals surface area contributed by atoms with Crippen LogP contribution in [0.4, 0.5) is 10.5 Å². The van der Waals surface area contributed by atoms with E-state index >= 15 is 0 Å². The zero-order chi connectivity index (χ0) is 12.4. The number of allylic oxidation sites excluding steroid dienone is 1. The summed E-state index contributed by atoms with van der Waals surface area (Å²) < 4.78 is 0. The van der Waals surface area contributed by atoms with Gasteiger partial charge in [0.05, 0.1) is 5.69 Å². The number of benzene rings is 1. The van der Waals surface area contributed by atoms with E-state index in [9.17, 15) is 9.59 Å². The van der Waals surface area contributed by atoms with Gasteiger partial charge in [0.15, 0.2) is 0 Å². The molecule has 1 aromatic rings. The molecule has 5 heteroatoms. The van der Waals surface area contributed by atoms with Gasteiger partial charge in [-0.15, -0.1) is 0 Å². The summed E-state index contributed by atoms with van der Waals surface area (Å²) in [7, 11) is 0. The molecule has 1 aliphatic rings. The van der Waals surface area contributed by atoms with E-state index in [4.69, 9.17) is 0 Å². The van der Waals surface area contributed by atoms with Crippen molar-refractivity contribution in [3.8, 4) is 0 Å². The molecule has 0 saturated carbocycles.